The molecule has 4 fully saturated rings. The van der Waals surface area contributed by atoms with Crippen LogP contribution in [0.4, 0.5) is 24.5 Å². The summed E-state index contributed by atoms with van der Waals surface area (Å²) >= 11 is 5.61. The SMILES string of the molecule is CCOC(=O)c1c(O)c2cc(F)c(N3CC[C@@H]([C@H](C)N)C3)c(OC)c2n(C2CC2)c1=S.CCOC(=O)c1c(S(C)(=O)=O)n(C2CC2)c2c(OC)c(N3CC[C@@H]([C@H](C)N)C3)c(F)cc2c1=O.[2H]CF. The molecule has 0 radical (unpaired) electrons. The molecule has 2 aliphatic heterocycles. The second-order valence-electron chi connectivity index (χ2n) is 17.4. The van der Waals surface area contributed by atoms with Gasteiger partial charge in [0.05, 0.1) is 52.4 Å². The standard InChI is InChI=1S/C23H30FN3O6S.C22H28FN3O4S.CH3F/c1-5-33-23(29)17-20(28)15-10-16(24)19(26-9-8-13(11-26)12(2)25)21(32-3)18(15)27(14-6-7-14)22(17)34(4,30)31;1-4-30-22(28)16-19(27)14-9-15(23)18(25-8-7-12(10-25)11(2)24)20(29-3)17(14)26(21(16)31)13-5-6-13;1-2/h10,12-14H,5-9,11,25H2,1-4H3;9,11-13,27H,4-8,10,24H2,1-3H3;1H3/t12-,13+;11-,12+;/m00./s1/i;;1D. The molecule has 4 aliphatic rings. The van der Waals surface area contributed by atoms with E-state index in [0.29, 0.717) is 56.0 Å². The maximum Gasteiger partial charge on any atom is 0.345 e. The van der Waals surface area contributed by atoms with Gasteiger partial charge in [-0.3, -0.25) is 9.18 Å². The van der Waals surface area contributed by atoms with Gasteiger partial charge in [-0.15, -0.1) is 0 Å². The van der Waals surface area contributed by atoms with Crippen LogP contribution in [0.2, 0.25) is 0 Å². The van der Waals surface area contributed by atoms with Crippen LogP contribution < -0.4 is 36.2 Å². The number of pyridine rings is 2. The summed E-state index contributed by atoms with van der Waals surface area (Å²) in [5, 5.41) is 10.6. The number of hydrogen-bond acceptors (Lipinski definition) is 15. The number of nitrogens with zero attached hydrogens (tertiary/aromatic N) is 4. The summed E-state index contributed by atoms with van der Waals surface area (Å²) in [5.74, 6) is -2.57. The molecule has 2 saturated heterocycles. The first-order valence-corrected chi connectivity index (χ1v) is 24.6. The van der Waals surface area contributed by atoms with E-state index in [1.807, 2.05) is 28.2 Å². The average Bonchev–Trinajstić information content (AvgIpc) is 4.19. The van der Waals surface area contributed by atoms with Gasteiger partial charge < -0.3 is 54.5 Å². The number of fused-ring (bicyclic) bond motifs is 2. The lowest BCUT2D eigenvalue weighted by Crippen LogP contribution is -2.31. The van der Waals surface area contributed by atoms with Crippen molar-refractivity contribution in [3.63, 3.8) is 0 Å². The zero-order valence-corrected chi connectivity index (χ0v) is 40.5. The molecule has 8 rings (SSSR count). The maximum absolute atomic E-state index is 15.6. The Kier molecular flexibility index (Phi) is 15.3. The molecular weight excluding hydrogens is 918 g/mol. The molecule has 21 heteroatoms. The normalized spacial score (nSPS) is 19.3. The van der Waals surface area contributed by atoms with Gasteiger partial charge in [-0.25, -0.2) is 26.8 Å². The number of aromatic hydroxyl groups is 1. The second kappa shape index (κ2) is 20.6. The van der Waals surface area contributed by atoms with Crippen LogP contribution in [0.25, 0.3) is 21.8 Å². The molecule has 0 unspecified atom stereocenters. The highest BCUT2D eigenvalue weighted by Crippen LogP contribution is 2.50. The van der Waals surface area contributed by atoms with Crippen molar-refractivity contribution in [2.75, 3.05) is 76.8 Å². The quantitative estimate of drug-likeness (QED) is 0.0937. The van der Waals surface area contributed by atoms with Gasteiger partial charge in [0.25, 0.3) is 0 Å². The van der Waals surface area contributed by atoms with Crippen molar-refractivity contribution in [2.45, 2.75) is 95.4 Å². The van der Waals surface area contributed by atoms with E-state index >= 15 is 8.78 Å². The van der Waals surface area contributed by atoms with Crippen molar-refractivity contribution in [3.05, 3.63) is 49.8 Å². The van der Waals surface area contributed by atoms with Gasteiger partial charge in [-0.05, 0) is 90.2 Å². The highest BCUT2D eigenvalue weighted by molar-refractivity contribution is 7.90. The van der Waals surface area contributed by atoms with Crippen LogP contribution in [-0.2, 0) is 19.3 Å². The molecule has 2 saturated carbocycles. The lowest BCUT2D eigenvalue weighted by Gasteiger charge is -2.26. The minimum absolute atomic E-state index is 0.00587. The number of ether oxygens (including phenoxy) is 4. The highest BCUT2D eigenvalue weighted by Gasteiger charge is 2.40. The van der Waals surface area contributed by atoms with Crippen LogP contribution >= 0.6 is 12.2 Å². The number of benzene rings is 2. The predicted molar refractivity (Wildman–Crippen MR) is 252 cm³/mol. The Balaban J connectivity index is 0.000000213. The van der Waals surface area contributed by atoms with Crippen molar-refractivity contribution >= 4 is 67.2 Å². The van der Waals surface area contributed by atoms with Crippen molar-refractivity contribution < 1.29 is 56.6 Å². The Morgan fingerprint density at radius 1 is 0.821 bits per heavy atom. The molecule has 67 heavy (non-hydrogen) atoms. The van der Waals surface area contributed by atoms with E-state index < -0.39 is 56.6 Å². The smallest absolute Gasteiger partial charge is 0.345 e. The van der Waals surface area contributed by atoms with Gasteiger partial charge in [0.15, 0.2) is 38.0 Å². The molecule has 4 atom stereocenters. The number of aromatic nitrogens is 2. The number of nitrogens with two attached hydrogens (primary N) is 2. The number of hydrogen-bond donors (Lipinski definition) is 3. The number of methoxy groups -OCH3 is 2. The molecule has 368 valence electrons. The summed E-state index contributed by atoms with van der Waals surface area (Å²) in [6, 6.07) is 2.05. The van der Waals surface area contributed by atoms with E-state index in [-0.39, 0.29) is 92.9 Å². The first-order chi connectivity index (χ1) is 32.2. The third-order valence-corrected chi connectivity index (χ3v) is 14.3. The van der Waals surface area contributed by atoms with Gasteiger partial charge in [-0.1, -0.05) is 12.2 Å². The molecule has 0 bridgehead atoms. The van der Waals surface area contributed by atoms with E-state index in [2.05, 4.69) is 0 Å². The Hall–Kier alpha value is -5.12. The highest BCUT2D eigenvalue weighted by atomic mass is 32.2. The van der Waals surface area contributed by atoms with Crippen LogP contribution in [0.1, 0.15) is 100 Å². The fourth-order valence-electron chi connectivity index (χ4n) is 9.27. The van der Waals surface area contributed by atoms with Crippen molar-refractivity contribution in [1.82, 2.24) is 9.13 Å². The van der Waals surface area contributed by atoms with E-state index in [4.69, 9.17) is 44.0 Å². The van der Waals surface area contributed by atoms with Crippen LogP contribution in [0.5, 0.6) is 17.2 Å². The zero-order valence-electron chi connectivity index (χ0n) is 39.8. The van der Waals surface area contributed by atoms with Crippen molar-refractivity contribution in [3.8, 4) is 17.2 Å². The molecule has 0 spiro atoms. The number of carbonyl (C=O) groups excluding carboxylic acids is 2. The summed E-state index contributed by atoms with van der Waals surface area (Å²) in [7, 11) is -2.21. The van der Waals surface area contributed by atoms with Gasteiger partial charge in [0, 0.05) is 62.0 Å². The average molecular weight is 980 g/mol. The number of sulfone groups is 1. The van der Waals surface area contributed by atoms with Crippen LogP contribution in [0, 0.1) is 28.1 Å². The molecule has 2 aromatic carbocycles. The first-order valence-electron chi connectivity index (χ1n) is 23.0. The third-order valence-electron chi connectivity index (χ3n) is 12.8. The summed E-state index contributed by atoms with van der Waals surface area (Å²) in [5.41, 5.74) is 11.7. The summed E-state index contributed by atoms with van der Waals surface area (Å²) in [4.78, 5) is 42.5. The Morgan fingerprint density at radius 3 is 1.63 bits per heavy atom. The van der Waals surface area contributed by atoms with Gasteiger partial charge in [0.1, 0.15) is 32.9 Å². The van der Waals surface area contributed by atoms with Crippen LogP contribution in [0.3, 0.4) is 0 Å². The fraction of sp³-hybridized carbons (Fsp3) is 0.565. The zero-order chi connectivity index (χ0) is 50.1. The summed E-state index contributed by atoms with van der Waals surface area (Å²) in [6.07, 6.45) is 5.62. The van der Waals surface area contributed by atoms with E-state index in [1.54, 1.807) is 13.8 Å². The molecule has 4 aromatic rings. The van der Waals surface area contributed by atoms with Crippen molar-refractivity contribution in [1.29, 1.82) is 0 Å². The van der Waals surface area contributed by atoms with Gasteiger partial charge >= 0.3 is 11.9 Å². The van der Waals surface area contributed by atoms with E-state index in [9.17, 15) is 32.3 Å². The Morgan fingerprint density at radius 2 is 1.24 bits per heavy atom. The minimum Gasteiger partial charge on any atom is -0.506 e. The Labute approximate surface area is 394 Å². The lowest BCUT2D eigenvalue weighted by molar-refractivity contribution is 0.0510. The second-order valence-corrected chi connectivity index (χ2v) is 19.8. The maximum atomic E-state index is 15.6. The summed E-state index contributed by atoms with van der Waals surface area (Å²) < 4.78 is 97.3. The number of anilines is 2. The molecule has 2 aliphatic carbocycles. The minimum atomic E-state index is -4.05. The largest absolute Gasteiger partial charge is 0.506 e. The first kappa shape index (κ1) is 49.8. The van der Waals surface area contributed by atoms with Gasteiger partial charge in [-0.2, -0.15) is 0 Å². The lowest BCUT2D eigenvalue weighted by atomic mass is 10.0. The number of halogens is 3. The monoisotopic (exact) mass is 979 g/mol. The molecule has 0 amide bonds. The summed E-state index contributed by atoms with van der Waals surface area (Å²) in [6.45, 7) is 9.51. The topological polar surface area (TPSA) is 211 Å². The number of alkyl halides is 1. The number of rotatable bonds is 13. The van der Waals surface area contributed by atoms with Gasteiger partial charge in [0.2, 0.25) is 5.43 Å². The predicted octanol–water partition coefficient (Wildman–Crippen LogP) is 6.73. The Bertz CT molecular complexity index is 2820. The third kappa shape index (κ3) is 9.78. The van der Waals surface area contributed by atoms with E-state index in [0.717, 1.165) is 38.0 Å². The van der Waals surface area contributed by atoms with Crippen molar-refractivity contribution in [2.24, 2.45) is 23.3 Å². The van der Waals surface area contributed by atoms with Crippen LogP contribution in [0.15, 0.2) is 22.0 Å². The molecule has 5 N–H and O–H groups in total. The molecular formula is C46H61F3N6O10S2. The molecule has 16 nitrogen and oxygen atoms in total. The van der Waals surface area contributed by atoms with Crippen LogP contribution in [-0.4, -0.2) is 114 Å². The number of carbonyl (C=O) groups is 2. The number of esters is 2. The van der Waals surface area contributed by atoms with E-state index in [1.165, 1.54) is 24.9 Å². The fourth-order valence-corrected chi connectivity index (χ4v) is 10.8. The molecule has 2 aromatic heterocycles. The molecule has 4 heterocycles.